The van der Waals surface area contributed by atoms with Crippen molar-refractivity contribution in [3.8, 4) is 22.9 Å². The molecule has 3 heterocycles. The summed E-state index contributed by atoms with van der Waals surface area (Å²) in [4.78, 5) is 18.7. The summed E-state index contributed by atoms with van der Waals surface area (Å²) in [5, 5.41) is -0.366. The molecule has 0 bridgehead atoms. The molecule has 1 aliphatic rings. The zero-order chi connectivity index (χ0) is 21.3. The topological polar surface area (TPSA) is 57.7 Å². The van der Waals surface area contributed by atoms with Crippen LogP contribution in [0, 0.1) is 5.92 Å². The van der Waals surface area contributed by atoms with Crippen LogP contribution in [0.4, 0.5) is 13.2 Å². The Kier molecular flexibility index (Phi) is 5.79. The first-order chi connectivity index (χ1) is 14.3. The second-order valence-electron chi connectivity index (χ2n) is 7.66. The van der Waals surface area contributed by atoms with Crippen LogP contribution in [0.3, 0.4) is 0 Å². The van der Waals surface area contributed by atoms with Gasteiger partial charge in [-0.05, 0) is 63.5 Å². The number of nitrogens with zero attached hydrogens (tertiary/aromatic N) is 4. The van der Waals surface area contributed by atoms with Crippen LogP contribution in [0.2, 0.25) is 5.02 Å². The summed E-state index contributed by atoms with van der Waals surface area (Å²) in [5.74, 6) is 1.53. The van der Waals surface area contributed by atoms with Crippen LogP contribution in [0.25, 0.3) is 22.9 Å². The molecule has 3 aromatic rings. The van der Waals surface area contributed by atoms with E-state index in [1.165, 1.54) is 12.1 Å². The maximum atomic E-state index is 12.9. The lowest BCUT2D eigenvalue weighted by Gasteiger charge is -2.28. The number of alkyl halides is 3. The van der Waals surface area contributed by atoms with Crippen molar-refractivity contribution in [3.05, 3.63) is 52.9 Å². The van der Waals surface area contributed by atoms with Gasteiger partial charge in [0.25, 0.3) is 0 Å². The Hall–Kier alpha value is -2.45. The Labute approximate surface area is 177 Å². The quantitative estimate of drug-likeness (QED) is 0.620. The van der Waals surface area contributed by atoms with Crippen LogP contribution >= 0.6 is 11.6 Å². The maximum absolute atomic E-state index is 12.9. The third-order valence-corrected chi connectivity index (χ3v) is 5.73. The van der Waals surface area contributed by atoms with Crippen molar-refractivity contribution in [1.29, 1.82) is 0 Å². The zero-order valence-electron chi connectivity index (χ0n) is 16.4. The average Bonchev–Trinajstić information content (AvgIpc) is 3.19. The fraction of sp³-hybridized carbons (Fsp3) is 0.381. The van der Waals surface area contributed by atoms with Gasteiger partial charge in [-0.2, -0.15) is 13.2 Å². The fourth-order valence-corrected chi connectivity index (χ4v) is 3.96. The fourth-order valence-electron chi connectivity index (χ4n) is 3.68. The van der Waals surface area contributed by atoms with Crippen LogP contribution in [-0.2, 0) is 12.6 Å². The van der Waals surface area contributed by atoms with E-state index >= 15 is 0 Å². The Morgan fingerprint density at radius 2 is 1.93 bits per heavy atom. The Balaban J connectivity index is 1.52. The lowest BCUT2D eigenvalue weighted by molar-refractivity contribution is -0.137. The first-order valence-electron chi connectivity index (χ1n) is 9.72. The monoisotopic (exact) mass is 435 g/mol. The maximum Gasteiger partial charge on any atom is 0.417 e. The van der Waals surface area contributed by atoms with Crippen LogP contribution in [0.1, 0.15) is 24.1 Å². The number of hydrogen-bond acceptors (Lipinski definition) is 4. The number of hydrogen-bond donors (Lipinski definition) is 1. The number of aromatic nitrogens is 4. The molecule has 0 spiro atoms. The minimum absolute atomic E-state index is 0.366. The molecule has 30 heavy (non-hydrogen) atoms. The molecule has 1 fully saturated rings. The molecule has 0 unspecified atom stereocenters. The zero-order valence-corrected chi connectivity index (χ0v) is 17.1. The lowest BCUT2D eigenvalue weighted by atomic mass is 9.92. The van der Waals surface area contributed by atoms with Gasteiger partial charge in [0, 0.05) is 17.5 Å². The van der Waals surface area contributed by atoms with Crippen LogP contribution in [0.5, 0.6) is 0 Å². The second kappa shape index (κ2) is 8.35. The van der Waals surface area contributed by atoms with Gasteiger partial charge in [0.15, 0.2) is 5.82 Å². The second-order valence-corrected chi connectivity index (χ2v) is 8.07. The molecule has 1 aromatic carbocycles. The Morgan fingerprint density at radius 1 is 1.17 bits per heavy atom. The Morgan fingerprint density at radius 3 is 2.63 bits per heavy atom. The average molecular weight is 436 g/mol. The normalized spacial score (nSPS) is 16.2. The van der Waals surface area contributed by atoms with Gasteiger partial charge in [-0.25, -0.2) is 15.0 Å². The van der Waals surface area contributed by atoms with Crippen LogP contribution in [-0.4, -0.2) is 45.0 Å². The van der Waals surface area contributed by atoms with Gasteiger partial charge in [0.1, 0.15) is 11.5 Å². The highest BCUT2D eigenvalue weighted by atomic mass is 35.5. The number of imidazole rings is 1. The highest BCUT2D eigenvalue weighted by molar-refractivity contribution is 6.31. The third kappa shape index (κ3) is 4.65. The van der Waals surface area contributed by atoms with Crippen molar-refractivity contribution in [3.63, 3.8) is 0 Å². The predicted molar refractivity (Wildman–Crippen MR) is 109 cm³/mol. The number of likely N-dealkylation sites (tertiary alicyclic amines) is 1. The van der Waals surface area contributed by atoms with Crippen molar-refractivity contribution < 1.29 is 13.2 Å². The van der Waals surface area contributed by atoms with Crippen LogP contribution in [0.15, 0.2) is 36.7 Å². The van der Waals surface area contributed by atoms with Gasteiger partial charge >= 0.3 is 6.18 Å². The van der Waals surface area contributed by atoms with Crippen molar-refractivity contribution in [2.24, 2.45) is 5.92 Å². The van der Waals surface area contributed by atoms with Crippen molar-refractivity contribution >= 4 is 11.6 Å². The molecule has 0 saturated carbocycles. The van der Waals surface area contributed by atoms with Crippen molar-refractivity contribution in [2.75, 3.05) is 20.1 Å². The lowest BCUT2D eigenvalue weighted by Crippen LogP contribution is -2.31. The summed E-state index contributed by atoms with van der Waals surface area (Å²) in [6, 6.07) is 5.48. The Bertz CT molecular complexity index is 1030. The van der Waals surface area contributed by atoms with E-state index in [4.69, 9.17) is 11.6 Å². The van der Waals surface area contributed by atoms with Gasteiger partial charge in [-0.3, -0.25) is 0 Å². The summed E-state index contributed by atoms with van der Waals surface area (Å²) in [6.07, 6.45) is 2.01. The molecule has 1 aliphatic heterocycles. The molecular formula is C21H21ClF3N5. The molecule has 0 atom stereocenters. The number of nitrogens with one attached hydrogen (secondary N) is 1. The van der Waals surface area contributed by atoms with E-state index in [-0.39, 0.29) is 5.02 Å². The highest BCUT2D eigenvalue weighted by Crippen LogP contribution is 2.36. The van der Waals surface area contributed by atoms with Gasteiger partial charge < -0.3 is 9.88 Å². The van der Waals surface area contributed by atoms with Gasteiger partial charge in [-0.1, -0.05) is 17.7 Å². The number of aromatic amines is 1. The molecular weight excluding hydrogens is 415 g/mol. The number of rotatable bonds is 4. The SMILES string of the molecule is CN1CCC(Cc2ccnc(-c3cnc(-c4ccc(C(F)(F)F)c(Cl)c4)[nH]3)n2)CC1. The van der Waals surface area contributed by atoms with E-state index < -0.39 is 11.7 Å². The van der Waals surface area contributed by atoms with E-state index in [1.807, 2.05) is 6.07 Å². The molecule has 0 amide bonds. The first-order valence-corrected chi connectivity index (χ1v) is 10.1. The molecule has 5 nitrogen and oxygen atoms in total. The molecule has 0 aliphatic carbocycles. The van der Waals surface area contributed by atoms with Crippen molar-refractivity contribution in [2.45, 2.75) is 25.4 Å². The summed E-state index contributed by atoms with van der Waals surface area (Å²) in [5.41, 5.74) is 1.17. The predicted octanol–water partition coefficient (Wildman–Crippen LogP) is 5.09. The molecule has 9 heteroatoms. The summed E-state index contributed by atoms with van der Waals surface area (Å²) in [7, 11) is 2.14. The van der Waals surface area contributed by atoms with Gasteiger partial charge in [0.2, 0.25) is 0 Å². The molecule has 158 valence electrons. The van der Waals surface area contributed by atoms with E-state index in [2.05, 4.69) is 31.9 Å². The molecule has 4 rings (SSSR count). The summed E-state index contributed by atoms with van der Waals surface area (Å²) in [6.45, 7) is 2.20. The summed E-state index contributed by atoms with van der Waals surface area (Å²) >= 11 is 5.82. The first kappa shape index (κ1) is 20.8. The van der Waals surface area contributed by atoms with Crippen molar-refractivity contribution in [1.82, 2.24) is 24.8 Å². The molecule has 0 radical (unpaired) electrons. The van der Waals surface area contributed by atoms with Gasteiger partial charge in [-0.15, -0.1) is 0 Å². The minimum atomic E-state index is -4.49. The van der Waals surface area contributed by atoms with E-state index in [1.54, 1.807) is 12.4 Å². The van der Waals surface area contributed by atoms with E-state index in [0.29, 0.717) is 28.8 Å². The highest BCUT2D eigenvalue weighted by Gasteiger charge is 2.33. The minimum Gasteiger partial charge on any atom is -0.335 e. The van der Waals surface area contributed by atoms with Gasteiger partial charge in [0.05, 0.1) is 16.8 Å². The number of H-pyrrole nitrogens is 1. The smallest absolute Gasteiger partial charge is 0.335 e. The molecule has 1 N–H and O–H groups in total. The van der Waals surface area contributed by atoms with E-state index in [0.717, 1.165) is 44.1 Å². The van der Waals surface area contributed by atoms with E-state index in [9.17, 15) is 13.2 Å². The third-order valence-electron chi connectivity index (χ3n) is 5.41. The number of benzene rings is 1. The standard InChI is InChI=1S/C21H21ClF3N5/c1-30-8-5-13(6-9-30)10-15-4-7-26-20(28-15)18-12-27-19(29-18)14-2-3-16(17(22)11-14)21(23,24)25/h2-4,7,11-13H,5-6,8-10H2,1H3,(H,27,29). The number of halogens is 4. The number of piperidine rings is 1. The summed E-state index contributed by atoms with van der Waals surface area (Å²) < 4.78 is 38.7. The molecule has 2 aromatic heterocycles. The molecule has 1 saturated heterocycles. The van der Waals surface area contributed by atoms with Crippen LogP contribution < -0.4 is 0 Å². The largest absolute Gasteiger partial charge is 0.417 e.